The number of hydrogen-bond donors (Lipinski definition) is 1. The van der Waals surface area contributed by atoms with Gasteiger partial charge < -0.3 is 14.8 Å². The minimum Gasteiger partial charge on any atom is -0.497 e. The van der Waals surface area contributed by atoms with Gasteiger partial charge in [-0.25, -0.2) is 13.9 Å². The van der Waals surface area contributed by atoms with Crippen molar-refractivity contribution in [1.82, 2.24) is 18.7 Å². The molecule has 0 spiro atoms. The van der Waals surface area contributed by atoms with Gasteiger partial charge in [-0.1, -0.05) is 26.0 Å². The molecule has 0 unspecified atom stereocenters. The van der Waals surface area contributed by atoms with Gasteiger partial charge in [-0.15, -0.1) is 5.10 Å². The van der Waals surface area contributed by atoms with Crippen LogP contribution in [0.3, 0.4) is 0 Å². The molecule has 0 aliphatic rings. The highest BCUT2D eigenvalue weighted by atomic mass is 16.5. The smallest absolute Gasteiger partial charge is 0.352 e. The van der Waals surface area contributed by atoms with Crippen molar-refractivity contribution >= 4 is 28.3 Å². The largest absolute Gasteiger partial charge is 0.497 e. The number of ether oxygens (including phenoxy) is 2. The van der Waals surface area contributed by atoms with Crippen LogP contribution >= 0.6 is 0 Å². The average molecular weight is 451 g/mol. The topological polar surface area (TPSA) is 109 Å². The van der Waals surface area contributed by atoms with Crippen LogP contribution in [-0.2, 0) is 17.9 Å². The summed E-state index contributed by atoms with van der Waals surface area (Å²) in [5, 5.41) is 7.49. The Morgan fingerprint density at radius 2 is 1.73 bits per heavy atom. The van der Waals surface area contributed by atoms with Crippen LogP contribution in [0.4, 0.5) is 5.69 Å². The molecule has 10 nitrogen and oxygen atoms in total. The lowest BCUT2D eigenvalue weighted by molar-refractivity contribution is -0.117. The Balaban J connectivity index is 1.76. The molecule has 2 heterocycles. The number of amides is 1. The Kier molecular flexibility index (Phi) is 5.91. The minimum absolute atomic E-state index is 0.152. The maximum Gasteiger partial charge on any atom is 0.352 e. The molecule has 4 rings (SSSR count). The van der Waals surface area contributed by atoms with Crippen molar-refractivity contribution in [2.24, 2.45) is 5.92 Å². The lowest BCUT2D eigenvalue weighted by Crippen LogP contribution is -2.29. The fraction of sp³-hybridized carbons (Fsp3) is 0.304. The number of aromatic nitrogens is 4. The van der Waals surface area contributed by atoms with Gasteiger partial charge in [0.25, 0.3) is 5.56 Å². The molecule has 33 heavy (non-hydrogen) atoms. The number of rotatable bonds is 7. The fourth-order valence-corrected chi connectivity index (χ4v) is 3.72. The van der Waals surface area contributed by atoms with Crippen molar-refractivity contribution in [3.63, 3.8) is 0 Å². The van der Waals surface area contributed by atoms with Crippen molar-refractivity contribution in [2.45, 2.75) is 26.9 Å². The zero-order valence-electron chi connectivity index (χ0n) is 18.9. The van der Waals surface area contributed by atoms with Crippen molar-refractivity contribution < 1.29 is 14.3 Å². The molecule has 1 N–H and O–H groups in total. The monoisotopic (exact) mass is 451 g/mol. The van der Waals surface area contributed by atoms with Gasteiger partial charge in [0, 0.05) is 30.4 Å². The predicted molar refractivity (Wildman–Crippen MR) is 124 cm³/mol. The summed E-state index contributed by atoms with van der Waals surface area (Å²) in [5.41, 5.74) is 0.177. The van der Waals surface area contributed by atoms with E-state index in [-0.39, 0.29) is 23.8 Å². The van der Waals surface area contributed by atoms with E-state index in [9.17, 15) is 14.4 Å². The number of anilines is 1. The highest BCUT2D eigenvalue weighted by Gasteiger charge is 2.19. The van der Waals surface area contributed by atoms with E-state index in [1.54, 1.807) is 42.5 Å². The number of para-hydroxylation sites is 1. The molecule has 0 saturated carbocycles. The fourth-order valence-electron chi connectivity index (χ4n) is 3.72. The third-order valence-corrected chi connectivity index (χ3v) is 5.16. The molecule has 10 heteroatoms. The Hall–Kier alpha value is -4.08. The molecule has 2 aromatic heterocycles. The number of fused-ring (bicyclic) bond motifs is 3. The van der Waals surface area contributed by atoms with E-state index in [1.807, 2.05) is 13.8 Å². The molecule has 0 radical (unpaired) electrons. The first-order valence-corrected chi connectivity index (χ1v) is 10.5. The molecule has 0 bridgehead atoms. The van der Waals surface area contributed by atoms with Crippen molar-refractivity contribution in [3.8, 4) is 11.5 Å². The normalized spacial score (nSPS) is 11.3. The van der Waals surface area contributed by atoms with E-state index in [4.69, 9.17) is 9.47 Å². The molecule has 0 aliphatic carbocycles. The Labute approximate surface area is 189 Å². The van der Waals surface area contributed by atoms with Gasteiger partial charge in [0.15, 0.2) is 0 Å². The molecule has 0 saturated heterocycles. The number of hydrogen-bond acceptors (Lipinski definition) is 6. The third kappa shape index (κ3) is 4.19. The first-order chi connectivity index (χ1) is 15.8. The Morgan fingerprint density at radius 3 is 2.36 bits per heavy atom. The maximum atomic E-state index is 13.2. The van der Waals surface area contributed by atoms with E-state index in [0.717, 1.165) is 4.68 Å². The summed E-state index contributed by atoms with van der Waals surface area (Å²) in [6, 6.07) is 11.8. The molecule has 4 aromatic rings. The molecule has 172 valence electrons. The van der Waals surface area contributed by atoms with Crippen LogP contribution in [0.1, 0.15) is 13.8 Å². The number of carbonyl (C=O) groups is 1. The predicted octanol–water partition coefficient (Wildman–Crippen LogP) is 2.12. The zero-order valence-corrected chi connectivity index (χ0v) is 18.9. The van der Waals surface area contributed by atoms with Gasteiger partial charge >= 0.3 is 5.69 Å². The zero-order chi connectivity index (χ0) is 23.7. The number of nitrogens with zero attached hydrogens (tertiary/aromatic N) is 4. The summed E-state index contributed by atoms with van der Waals surface area (Å²) in [7, 11) is 3.02. The number of nitrogens with one attached hydrogen (secondary N) is 1. The van der Waals surface area contributed by atoms with E-state index in [0.29, 0.717) is 34.6 Å². The summed E-state index contributed by atoms with van der Waals surface area (Å²) >= 11 is 0. The maximum absolute atomic E-state index is 13.2. The SMILES string of the molecule is COc1cc(NC(=O)Cn2nc3n(CC(C)C)c(=O)c4ccccc4n3c2=O)cc(OC)c1. The number of methoxy groups -OCH3 is 2. The van der Waals surface area contributed by atoms with Crippen LogP contribution in [0, 0.1) is 5.92 Å². The van der Waals surface area contributed by atoms with E-state index < -0.39 is 11.6 Å². The van der Waals surface area contributed by atoms with Crippen LogP contribution in [0.2, 0.25) is 0 Å². The summed E-state index contributed by atoms with van der Waals surface area (Å²) < 4.78 is 14.4. The van der Waals surface area contributed by atoms with E-state index in [2.05, 4.69) is 10.4 Å². The summed E-state index contributed by atoms with van der Waals surface area (Å²) in [4.78, 5) is 39.0. The van der Waals surface area contributed by atoms with Crippen molar-refractivity contribution in [3.05, 3.63) is 63.3 Å². The lowest BCUT2D eigenvalue weighted by Gasteiger charge is -2.11. The highest BCUT2D eigenvalue weighted by molar-refractivity contribution is 5.91. The van der Waals surface area contributed by atoms with Crippen molar-refractivity contribution in [2.75, 3.05) is 19.5 Å². The number of carbonyl (C=O) groups excluding carboxylic acids is 1. The van der Waals surface area contributed by atoms with Gasteiger partial charge in [-0.2, -0.15) is 0 Å². The van der Waals surface area contributed by atoms with Crippen LogP contribution in [0.5, 0.6) is 11.5 Å². The first-order valence-electron chi connectivity index (χ1n) is 10.5. The Morgan fingerprint density at radius 1 is 1.06 bits per heavy atom. The van der Waals surface area contributed by atoms with Crippen LogP contribution in [0.25, 0.3) is 16.7 Å². The number of benzene rings is 2. The molecule has 0 atom stereocenters. The van der Waals surface area contributed by atoms with E-state index in [1.165, 1.54) is 23.2 Å². The molecular formula is C23H25N5O5. The van der Waals surface area contributed by atoms with Gasteiger partial charge in [-0.05, 0) is 18.1 Å². The van der Waals surface area contributed by atoms with Gasteiger partial charge in [0.1, 0.15) is 18.0 Å². The van der Waals surface area contributed by atoms with Crippen LogP contribution in [-0.4, -0.2) is 38.9 Å². The second-order valence-corrected chi connectivity index (χ2v) is 8.05. The first kappa shape index (κ1) is 22.1. The molecular weight excluding hydrogens is 426 g/mol. The Bertz CT molecular complexity index is 1440. The van der Waals surface area contributed by atoms with E-state index >= 15 is 0 Å². The standard InChI is InChI=1S/C23H25N5O5/c1-14(2)12-26-21(30)18-7-5-6-8-19(18)28-22(26)25-27(23(28)31)13-20(29)24-15-9-16(32-3)11-17(10-15)33-4/h5-11,14H,12-13H2,1-4H3,(H,24,29). The molecule has 2 aromatic carbocycles. The third-order valence-electron chi connectivity index (χ3n) is 5.16. The summed E-state index contributed by atoms with van der Waals surface area (Å²) in [6.45, 7) is 4.01. The second-order valence-electron chi connectivity index (χ2n) is 8.05. The van der Waals surface area contributed by atoms with Gasteiger partial charge in [-0.3, -0.25) is 14.2 Å². The van der Waals surface area contributed by atoms with Crippen molar-refractivity contribution in [1.29, 1.82) is 0 Å². The van der Waals surface area contributed by atoms with Gasteiger partial charge in [0.05, 0.1) is 25.1 Å². The summed E-state index contributed by atoms with van der Waals surface area (Å²) in [5.74, 6) is 0.919. The molecule has 0 fully saturated rings. The average Bonchev–Trinajstić information content (AvgIpc) is 3.11. The quantitative estimate of drug-likeness (QED) is 0.461. The molecule has 0 aliphatic heterocycles. The van der Waals surface area contributed by atoms with Gasteiger partial charge in [0.2, 0.25) is 11.7 Å². The minimum atomic E-state index is -0.503. The second kappa shape index (κ2) is 8.81. The van der Waals surface area contributed by atoms with Crippen LogP contribution in [0.15, 0.2) is 52.1 Å². The summed E-state index contributed by atoms with van der Waals surface area (Å²) in [6.07, 6.45) is 0. The highest BCUT2D eigenvalue weighted by Crippen LogP contribution is 2.25. The van der Waals surface area contributed by atoms with Crippen LogP contribution < -0.4 is 26.0 Å². The lowest BCUT2D eigenvalue weighted by atomic mass is 10.2. The molecule has 1 amide bonds.